The zero-order chi connectivity index (χ0) is 6.41. The van der Waals surface area contributed by atoms with Crippen molar-refractivity contribution in [3.63, 3.8) is 0 Å². The molecule has 0 heterocycles. The summed E-state index contributed by atoms with van der Waals surface area (Å²) in [7, 11) is 0. The van der Waals surface area contributed by atoms with Gasteiger partial charge < -0.3 is 0 Å². The summed E-state index contributed by atoms with van der Waals surface area (Å²) >= 11 is 0. The topological polar surface area (TPSA) is 0 Å². The van der Waals surface area contributed by atoms with Gasteiger partial charge >= 0.3 is 0 Å². The fourth-order valence-electron chi connectivity index (χ4n) is 0.196. The van der Waals surface area contributed by atoms with Crippen LogP contribution >= 0.6 is 0 Å². The molecule has 44 valence electrons. The van der Waals surface area contributed by atoms with E-state index in [0.717, 1.165) is 18.2 Å². The van der Waals surface area contributed by atoms with Crippen LogP contribution in [0.1, 0.15) is 0 Å². The molecule has 8 heavy (non-hydrogen) atoms. The van der Waals surface area contributed by atoms with Gasteiger partial charge in [0.05, 0.1) is 6.33 Å². The minimum absolute atomic E-state index is 0.253. The van der Waals surface area contributed by atoms with E-state index in [2.05, 4.69) is 6.58 Å². The second kappa shape index (κ2) is 4.24. The summed E-state index contributed by atoms with van der Waals surface area (Å²) < 4.78 is 22.9. The van der Waals surface area contributed by atoms with Crippen LogP contribution < -0.4 is 0 Å². The van der Waals surface area contributed by atoms with Crippen LogP contribution in [0.2, 0.25) is 0 Å². The third-order valence-corrected chi connectivity index (χ3v) is 0.523. The molecule has 0 amide bonds. The van der Waals surface area contributed by atoms with Crippen molar-refractivity contribution < 1.29 is 8.78 Å². The summed E-state index contributed by atoms with van der Waals surface area (Å²) in [6.07, 6.45) is 3.19. The number of allylic oxidation sites excluding steroid dienone is 4. The Balaban J connectivity index is 3.74. The monoisotopic (exact) mass is 116 g/mol. The first kappa shape index (κ1) is 7.08. The average Bonchev–Trinajstić information content (AvgIpc) is 1.83. The molecule has 0 aliphatic carbocycles. The third-order valence-electron chi connectivity index (χ3n) is 0.523. The molecule has 0 atom stereocenters. The van der Waals surface area contributed by atoms with Crippen molar-refractivity contribution in [3.05, 3.63) is 37.0 Å². The maximum absolute atomic E-state index is 11.8. The van der Waals surface area contributed by atoms with Gasteiger partial charge in [-0.15, -0.1) is 0 Å². The standard InChI is InChI=1S/C6H6F2/c1-2-6(8)4-3-5-7/h2-5H,1H2/b5-3-,6-4+. The van der Waals surface area contributed by atoms with E-state index in [1.54, 1.807) is 0 Å². The summed E-state index contributed by atoms with van der Waals surface area (Å²) in [5.41, 5.74) is 0. The Morgan fingerprint density at radius 3 is 2.50 bits per heavy atom. The fraction of sp³-hybridized carbons (Fsp3) is 0. The molecule has 0 bridgehead atoms. The van der Waals surface area contributed by atoms with Gasteiger partial charge in [0.2, 0.25) is 0 Å². The fourth-order valence-corrected chi connectivity index (χ4v) is 0.196. The highest BCUT2D eigenvalue weighted by molar-refractivity contribution is 5.14. The smallest absolute Gasteiger partial charge is 0.122 e. The Hall–Kier alpha value is -0.920. The maximum Gasteiger partial charge on any atom is 0.122 e. The van der Waals surface area contributed by atoms with Crippen LogP contribution in [0.4, 0.5) is 8.78 Å². The average molecular weight is 116 g/mol. The van der Waals surface area contributed by atoms with E-state index in [4.69, 9.17) is 0 Å². The summed E-state index contributed by atoms with van der Waals surface area (Å²) in [6, 6.07) is 0. The number of halogens is 2. The van der Waals surface area contributed by atoms with Gasteiger partial charge in [0.25, 0.3) is 0 Å². The molecular weight excluding hydrogens is 110 g/mol. The van der Waals surface area contributed by atoms with Crippen molar-refractivity contribution in [2.24, 2.45) is 0 Å². The molecule has 0 aromatic rings. The maximum atomic E-state index is 11.8. The second-order valence-corrected chi connectivity index (χ2v) is 1.07. The van der Waals surface area contributed by atoms with Crippen molar-refractivity contribution >= 4 is 0 Å². The van der Waals surface area contributed by atoms with Gasteiger partial charge in [-0.2, -0.15) is 0 Å². The van der Waals surface area contributed by atoms with Crippen LogP contribution in [-0.4, -0.2) is 0 Å². The van der Waals surface area contributed by atoms with Crippen molar-refractivity contribution in [1.29, 1.82) is 0 Å². The zero-order valence-electron chi connectivity index (χ0n) is 4.27. The summed E-state index contributed by atoms with van der Waals surface area (Å²) in [6.45, 7) is 3.11. The van der Waals surface area contributed by atoms with Crippen molar-refractivity contribution in [2.75, 3.05) is 0 Å². The van der Waals surface area contributed by atoms with E-state index >= 15 is 0 Å². The Bertz CT molecular complexity index is 122. The van der Waals surface area contributed by atoms with Crippen LogP contribution in [0.3, 0.4) is 0 Å². The molecule has 0 aromatic carbocycles. The van der Waals surface area contributed by atoms with Crippen LogP contribution in [0, 0.1) is 0 Å². The van der Waals surface area contributed by atoms with Crippen molar-refractivity contribution in [2.45, 2.75) is 0 Å². The van der Waals surface area contributed by atoms with E-state index in [1.165, 1.54) is 0 Å². The van der Waals surface area contributed by atoms with E-state index in [1.807, 2.05) is 0 Å². The highest BCUT2D eigenvalue weighted by Crippen LogP contribution is 1.95. The second-order valence-electron chi connectivity index (χ2n) is 1.07. The van der Waals surface area contributed by atoms with Crippen LogP contribution in [0.15, 0.2) is 37.0 Å². The minimum atomic E-state index is -0.543. The molecule has 0 radical (unpaired) electrons. The summed E-state index contributed by atoms with van der Waals surface area (Å²) in [4.78, 5) is 0. The van der Waals surface area contributed by atoms with Gasteiger partial charge in [-0.3, -0.25) is 0 Å². The van der Waals surface area contributed by atoms with Crippen LogP contribution in [-0.2, 0) is 0 Å². The van der Waals surface area contributed by atoms with E-state index in [-0.39, 0.29) is 6.33 Å². The lowest BCUT2D eigenvalue weighted by Crippen LogP contribution is -1.57. The number of hydrogen-bond donors (Lipinski definition) is 0. The predicted molar refractivity (Wildman–Crippen MR) is 29.6 cm³/mol. The molecule has 0 unspecified atom stereocenters. The predicted octanol–water partition coefficient (Wildman–Crippen LogP) is 2.51. The largest absolute Gasteiger partial charge is 0.216 e. The molecule has 0 saturated heterocycles. The van der Waals surface area contributed by atoms with Gasteiger partial charge in [-0.05, 0) is 18.2 Å². The first-order valence-corrected chi connectivity index (χ1v) is 2.06. The third kappa shape index (κ3) is 3.28. The quantitative estimate of drug-likeness (QED) is 0.486. The Morgan fingerprint density at radius 1 is 1.50 bits per heavy atom. The molecule has 0 saturated carbocycles. The Labute approximate surface area is 46.8 Å². The van der Waals surface area contributed by atoms with E-state index in [0.29, 0.717) is 0 Å². The van der Waals surface area contributed by atoms with Crippen LogP contribution in [0.5, 0.6) is 0 Å². The summed E-state index contributed by atoms with van der Waals surface area (Å²) in [5, 5.41) is 0. The highest BCUT2D eigenvalue weighted by Gasteiger charge is 1.76. The van der Waals surface area contributed by atoms with Crippen molar-refractivity contribution in [3.8, 4) is 0 Å². The zero-order valence-corrected chi connectivity index (χ0v) is 4.27. The lowest BCUT2D eigenvalue weighted by Gasteiger charge is -1.75. The first-order chi connectivity index (χ1) is 3.81. The summed E-state index contributed by atoms with van der Waals surface area (Å²) in [5.74, 6) is -0.543. The minimum Gasteiger partial charge on any atom is -0.216 e. The first-order valence-electron chi connectivity index (χ1n) is 2.06. The Kier molecular flexibility index (Phi) is 3.76. The van der Waals surface area contributed by atoms with Crippen LogP contribution in [0.25, 0.3) is 0 Å². The molecule has 0 rings (SSSR count). The SMILES string of the molecule is C=C/C(F)=C\C=C/F. The highest BCUT2D eigenvalue weighted by atomic mass is 19.1. The van der Waals surface area contributed by atoms with Gasteiger partial charge in [-0.25, -0.2) is 8.78 Å². The van der Waals surface area contributed by atoms with E-state index < -0.39 is 5.83 Å². The number of hydrogen-bond acceptors (Lipinski definition) is 0. The molecule has 0 aromatic heterocycles. The van der Waals surface area contributed by atoms with Gasteiger partial charge in [-0.1, -0.05) is 6.58 Å². The lowest BCUT2D eigenvalue weighted by atomic mass is 10.4. The molecule has 2 heteroatoms. The van der Waals surface area contributed by atoms with Gasteiger partial charge in [0.15, 0.2) is 0 Å². The van der Waals surface area contributed by atoms with Crippen molar-refractivity contribution in [1.82, 2.24) is 0 Å². The molecule has 0 aliphatic rings. The number of rotatable bonds is 2. The molecule has 0 fully saturated rings. The normalized spacial score (nSPS) is 12.5. The van der Waals surface area contributed by atoms with Gasteiger partial charge in [0, 0.05) is 0 Å². The molecule has 0 spiro atoms. The molecule has 0 aliphatic heterocycles. The lowest BCUT2D eigenvalue weighted by molar-refractivity contribution is 0.666. The molecule has 0 N–H and O–H groups in total. The molecule has 0 nitrogen and oxygen atoms in total. The molecular formula is C6H6F2. The Morgan fingerprint density at radius 2 is 2.12 bits per heavy atom. The van der Waals surface area contributed by atoms with Gasteiger partial charge in [0.1, 0.15) is 5.83 Å². The van der Waals surface area contributed by atoms with E-state index in [9.17, 15) is 8.78 Å².